The largest absolute Gasteiger partial charge is 0.207 e. The summed E-state index contributed by atoms with van der Waals surface area (Å²) in [7, 11) is 0. The summed E-state index contributed by atoms with van der Waals surface area (Å²) in [4.78, 5) is 0. The average molecular weight is 371 g/mol. The van der Waals surface area contributed by atoms with Gasteiger partial charge in [0.15, 0.2) is 11.5 Å². The van der Waals surface area contributed by atoms with Crippen LogP contribution in [0.1, 0.15) is 5.56 Å². The Bertz CT molecular complexity index is 1030. The molecule has 2 aromatic heterocycles. The quantitative estimate of drug-likeness (QED) is 0.480. The minimum atomic E-state index is -0.289. The van der Waals surface area contributed by atoms with Crippen molar-refractivity contribution in [2.45, 2.75) is 10.8 Å². The molecule has 0 fully saturated rings. The topological polar surface area (TPSA) is 43.1 Å². The summed E-state index contributed by atoms with van der Waals surface area (Å²) in [5, 5.41) is 14.4. The minimum absolute atomic E-state index is 0.289. The highest BCUT2D eigenvalue weighted by Crippen LogP contribution is 2.24. The third-order valence-corrected chi connectivity index (χ3v) is 4.84. The van der Waals surface area contributed by atoms with Gasteiger partial charge >= 0.3 is 0 Å². The molecular formula is C18H12ClFN4S. The molecule has 4 rings (SSSR count). The first kappa shape index (κ1) is 16.1. The molecule has 0 N–H and O–H groups in total. The van der Waals surface area contributed by atoms with Crippen molar-refractivity contribution in [2.24, 2.45) is 0 Å². The summed E-state index contributed by atoms with van der Waals surface area (Å²) in [6.45, 7) is 0. The van der Waals surface area contributed by atoms with E-state index in [1.54, 1.807) is 28.4 Å². The predicted molar refractivity (Wildman–Crippen MR) is 97.2 cm³/mol. The van der Waals surface area contributed by atoms with Gasteiger partial charge in [-0.1, -0.05) is 35.5 Å². The van der Waals surface area contributed by atoms with Gasteiger partial charge in [-0.15, -0.1) is 10.2 Å². The smallest absolute Gasteiger partial charge is 0.185 e. The number of hydrogen-bond donors (Lipinski definition) is 0. The van der Waals surface area contributed by atoms with Gasteiger partial charge < -0.3 is 0 Å². The number of rotatable bonds is 4. The molecule has 2 heterocycles. The summed E-state index contributed by atoms with van der Waals surface area (Å²) < 4.78 is 14.8. The maximum absolute atomic E-state index is 13.1. The number of halogens is 2. The Morgan fingerprint density at radius 3 is 2.64 bits per heavy atom. The van der Waals surface area contributed by atoms with E-state index in [9.17, 15) is 4.39 Å². The van der Waals surface area contributed by atoms with Gasteiger partial charge in [0.25, 0.3) is 0 Å². The first-order chi connectivity index (χ1) is 12.2. The van der Waals surface area contributed by atoms with E-state index in [0.717, 1.165) is 26.9 Å². The molecule has 0 radical (unpaired) electrons. The number of hydrogen-bond acceptors (Lipinski definition) is 4. The van der Waals surface area contributed by atoms with Gasteiger partial charge in [0, 0.05) is 16.3 Å². The first-order valence-electron chi connectivity index (χ1n) is 7.55. The minimum Gasteiger partial charge on any atom is -0.207 e. The lowest BCUT2D eigenvalue weighted by Crippen LogP contribution is -1.96. The van der Waals surface area contributed by atoms with E-state index in [0.29, 0.717) is 11.5 Å². The highest BCUT2D eigenvalue weighted by molar-refractivity contribution is 7.98. The molecule has 0 amide bonds. The van der Waals surface area contributed by atoms with Crippen LogP contribution in [0.2, 0.25) is 5.02 Å². The van der Waals surface area contributed by atoms with E-state index in [1.165, 1.54) is 12.1 Å². The van der Waals surface area contributed by atoms with E-state index < -0.39 is 0 Å². The zero-order valence-corrected chi connectivity index (χ0v) is 14.5. The van der Waals surface area contributed by atoms with Crippen molar-refractivity contribution in [3.8, 4) is 11.4 Å². The van der Waals surface area contributed by atoms with Gasteiger partial charge in [0.2, 0.25) is 0 Å². The van der Waals surface area contributed by atoms with E-state index in [4.69, 9.17) is 11.6 Å². The molecule has 0 aliphatic rings. The second-order valence-corrected chi connectivity index (χ2v) is 6.82. The Hall–Kier alpha value is -2.44. The third kappa shape index (κ3) is 3.50. The van der Waals surface area contributed by atoms with Crippen molar-refractivity contribution in [2.75, 3.05) is 0 Å². The van der Waals surface area contributed by atoms with Crippen LogP contribution in [0.5, 0.6) is 0 Å². The fourth-order valence-corrected chi connectivity index (χ4v) is 3.42. The number of thioether (sulfide) groups is 1. The zero-order chi connectivity index (χ0) is 17.2. The molecule has 0 aliphatic heterocycles. The van der Waals surface area contributed by atoms with E-state index in [2.05, 4.69) is 15.3 Å². The summed E-state index contributed by atoms with van der Waals surface area (Å²) >= 11 is 7.62. The van der Waals surface area contributed by atoms with Crippen LogP contribution in [-0.2, 0) is 5.75 Å². The van der Waals surface area contributed by atoms with Crippen molar-refractivity contribution < 1.29 is 4.39 Å². The number of nitrogens with zero attached hydrogens (tertiary/aromatic N) is 4. The molecule has 0 bridgehead atoms. The Labute approximate surface area is 152 Å². The molecule has 4 aromatic rings. The Morgan fingerprint density at radius 1 is 1.00 bits per heavy atom. The average Bonchev–Trinajstić information content (AvgIpc) is 3.04. The monoisotopic (exact) mass is 370 g/mol. The third-order valence-electron chi connectivity index (χ3n) is 3.62. The summed E-state index contributed by atoms with van der Waals surface area (Å²) in [6.07, 6.45) is 0. The molecule has 0 atom stereocenters. The van der Waals surface area contributed by atoms with Crippen molar-refractivity contribution in [1.29, 1.82) is 0 Å². The molecule has 0 saturated carbocycles. The Kier molecular flexibility index (Phi) is 4.38. The second kappa shape index (κ2) is 6.82. The summed E-state index contributed by atoms with van der Waals surface area (Å²) in [5.74, 6) is 1.05. The fraction of sp³-hybridized carbons (Fsp3) is 0.0556. The van der Waals surface area contributed by atoms with Crippen LogP contribution in [-0.4, -0.2) is 19.8 Å². The van der Waals surface area contributed by atoms with Gasteiger partial charge in [-0.3, -0.25) is 0 Å². The lowest BCUT2D eigenvalue weighted by molar-refractivity contribution is 0.628. The van der Waals surface area contributed by atoms with Crippen molar-refractivity contribution in [3.63, 3.8) is 0 Å². The van der Waals surface area contributed by atoms with E-state index in [-0.39, 0.29) is 5.82 Å². The number of benzene rings is 2. The zero-order valence-electron chi connectivity index (χ0n) is 12.9. The van der Waals surface area contributed by atoms with Crippen LogP contribution in [0.25, 0.3) is 17.0 Å². The molecule has 25 heavy (non-hydrogen) atoms. The molecule has 0 unspecified atom stereocenters. The molecule has 0 aliphatic carbocycles. The molecule has 4 nitrogen and oxygen atoms in total. The van der Waals surface area contributed by atoms with Gasteiger partial charge in [-0.05, 0) is 54.1 Å². The lowest BCUT2D eigenvalue weighted by atomic mass is 10.2. The molecule has 124 valence electrons. The standard InChI is InChI=1S/C18H12ClFN4S/c19-14-3-1-2-12(10-14)11-25-17-9-8-16-21-22-18(24(16)23-17)13-4-6-15(20)7-5-13/h1-10H,11H2. The van der Waals surface area contributed by atoms with E-state index >= 15 is 0 Å². The highest BCUT2D eigenvalue weighted by atomic mass is 35.5. The summed E-state index contributed by atoms with van der Waals surface area (Å²) in [5.41, 5.74) is 2.53. The Morgan fingerprint density at radius 2 is 1.84 bits per heavy atom. The van der Waals surface area contributed by atoms with Gasteiger partial charge in [-0.2, -0.15) is 9.61 Å². The molecule has 0 saturated heterocycles. The van der Waals surface area contributed by atoms with E-state index in [1.807, 2.05) is 36.4 Å². The van der Waals surface area contributed by atoms with Crippen LogP contribution in [0, 0.1) is 5.82 Å². The van der Waals surface area contributed by atoms with Crippen LogP contribution in [0.3, 0.4) is 0 Å². The van der Waals surface area contributed by atoms with Crippen LogP contribution >= 0.6 is 23.4 Å². The molecule has 7 heteroatoms. The van der Waals surface area contributed by atoms with Crippen molar-refractivity contribution in [3.05, 3.63) is 77.1 Å². The first-order valence-corrected chi connectivity index (χ1v) is 8.91. The summed E-state index contributed by atoms with van der Waals surface area (Å²) in [6, 6.07) is 17.7. The Balaban J connectivity index is 1.63. The molecule has 0 spiro atoms. The fourth-order valence-electron chi connectivity index (χ4n) is 2.41. The predicted octanol–water partition coefficient (Wildman–Crippen LogP) is 4.88. The normalized spacial score (nSPS) is 11.1. The van der Waals surface area contributed by atoms with Crippen LogP contribution < -0.4 is 0 Å². The maximum Gasteiger partial charge on any atom is 0.185 e. The molecule has 2 aromatic carbocycles. The molecular weight excluding hydrogens is 359 g/mol. The van der Waals surface area contributed by atoms with Crippen molar-refractivity contribution in [1.82, 2.24) is 19.8 Å². The maximum atomic E-state index is 13.1. The lowest BCUT2D eigenvalue weighted by Gasteiger charge is -2.04. The SMILES string of the molecule is Fc1ccc(-c2nnc3ccc(SCc4cccc(Cl)c4)nn23)cc1. The highest BCUT2D eigenvalue weighted by Gasteiger charge is 2.10. The van der Waals surface area contributed by atoms with Crippen molar-refractivity contribution >= 4 is 29.0 Å². The number of fused-ring (bicyclic) bond motifs is 1. The van der Waals surface area contributed by atoms with Gasteiger partial charge in [0.1, 0.15) is 10.8 Å². The van der Waals surface area contributed by atoms with Crippen LogP contribution in [0.15, 0.2) is 65.7 Å². The van der Waals surface area contributed by atoms with Gasteiger partial charge in [0.05, 0.1) is 0 Å². The second-order valence-electron chi connectivity index (χ2n) is 5.39. The number of aromatic nitrogens is 4. The van der Waals surface area contributed by atoms with Gasteiger partial charge in [-0.25, -0.2) is 4.39 Å². The van der Waals surface area contributed by atoms with Crippen LogP contribution in [0.4, 0.5) is 4.39 Å².